The van der Waals surface area contributed by atoms with Crippen molar-refractivity contribution in [3.63, 3.8) is 0 Å². The number of thiophene rings is 1. The summed E-state index contributed by atoms with van der Waals surface area (Å²) in [5.41, 5.74) is 1.72. The number of para-hydroxylation sites is 1. The number of hydrogen-bond acceptors (Lipinski definition) is 3. The summed E-state index contributed by atoms with van der Waals surface area (Å²) < 4.78 is 27.8. The van der Waals surface area contributed by atoms with Crippen LogP contribution in [0.1, 0.15) is 5.56 Å². The maximum Gasteiger partial charge on any atom is 0.291 e. The van der Waals surface area contributed by atoms with Gasteiger partial charge in [0.25, 0.3) is 10.0 Å². The van der Waals surface area contributed by atoms with Crippen molar-refractivity contribution in [3.8, 4) is 0 Å². The maximum absolute atomic E-state index is 11.9. The molecule has 0 fully saturated rings. The van der Waals surface area contributed by atoms with Crippen LogP contribution in [0.3, 0.4) is 0 Å². The molecule has 96 valence electrons. The van der Waals surface area contributed by atoms with E-state index in [0.29, 0.717) is 0 Å². The fourth-order valence-corrected chi connectivity index (χ4v) is 3.63. The van der Waals surface area contributed by atoms with Gasteiger partial charge in [0.05, 0.1) is 0 Å². The molecule has 19 heavy (non-hydrogen) atoms. The largest absolute Gasteiger partial charge is 0.361 e. The lowest BCUT2D eigenvalue weighted by atomic mass is 10.2. The zero-order valence-corrected chi connectivity index (χ0v) is 11.4. The number of sulfonamides is 1. The number of aromatic nitrogens is 1. The lowest BCUT2D eigenvalue weighted by molar-refractivity contribution is 0.600. The van der Waals surface area contributed by atoms with Crippen molar-refractivity contribution in [3.05, 3.63) is 53.5 Å². The molecule has 0 radical (unpaired) electrons. The molecule has 0 bridgehead atoms. The molecule has 6 heteroatoms. The molecule has 0 saturated heterocycles. The van der Waals surface area contributed by atoms with Gasteiger partial charge in [-0.2, -0.15) is 12.8 Å². The summed E-state index contributed by atoms with van der Waals surface area (Å²) in [6, 6.07) is 10.9. The minimum absolute atomic E-state index is 0.253. The second kappa shape index (κ2) is 4.64. The van der Waals surface area contributed by atoms with Crippen LogP contribution < -0.4 is 0 Å². The molecule has 2 aromatic heterocycles. The van der Waals surface area contributed by atoms with E-state index in [1.807, 2.05) is 24.3 Å². The monoisotopic (exact) mass is 290 g/mol. The fraction of sp³-hybridized carbons (Fsp3) is 0. The first kappa shape index (κ1) is 12.1. The summed E-state index contributed by atoms with van der Waals surface area (Å²) in [6.07, 6.45) is 3.13. The predicted octanol–water partition coefficient (Wildman–Crippen LogP) is 3.04. The minimum Gasteiger partial charge on any atom is -0.361 e. The highest BCUT2D eigenvalue weighted by molar-refractivity contribution is 7.92. The number of nitrogens with zero attached hydrogens (tertiary/aromatic N) is 1. The van der Waals surface area contributed by atoms with Crippen LogP contribution >= 0.6 is 11.3 Å². The molecule has 2 heterocycles. The van der Waals surface area contributed by atoms with Gasteiger partial charge in [0.1, 0.15) is 4.21 Å². The first-order valence-electron chi connectivity index (χ1n) is 5.57. The van der Waals surface area contributed by atoms with Crippen molar-refractivity contribution in [2.24, 2.45) is 4.40 Å². The van der Waals surface area contributed by atoms with Gasteiger partial charge in [-0.05, 0) is 17.5 Å². The Morgan fingerprint density at radius 3 is 2.79 bits per heavy atom. The predicted molar refractivity (Wildman–Crippen MR) is 77.4 cm³/mol. The number of rotatable bonds is 3. The van der Waals surface area contributed by atoms with E-state index in [0.717, 1.165) is 27.8 Å². The Morgan fingerprint density at radius 2 is 2.00 bits per heavy atom. The molecular formula is C13H10N2O2S2. The van der Waals surface area contributed by atoms with E-state index in [-0.39, 0.29) is 4.21 Å². The van der Waals surface area contributed by atoms with Gasteiger partial charge in [0.2, 0.25) is 0 Å². The number of aromatic amines is 1. The highest BCUT2D eigenvalue weighted by Gasteiger charge is 2.12. The topological polar surface area (TPSA) is 62.3 Å². The average Bonchev–Trinajstić information content (AvgIpc) is 3.07. The van der Waals surface area contributed by atoms with Crippen LogP contribution in [-0.2, 0) is 10.0 Å². The zero-order valence-electron chi connectivity index (χ0n) is 9.78. The maximum atomic E-state index is 11.9. The molecule has 1 aromatic carbocycles. The summed E-state index contributed by atoms with van der Waals surface area (Å²) in [6.45, 7) is 0. The third kappa shape index (κ3) is 2.32. The van der Waals surface area contributed by atoms with Gasteiger partial charge in [0, 0.05) is 28.9 Å². The lowest BCUT2D eigenvalue weighted by Crippen LogP contribution is -1.94. The molecule has 1 N–H and O–H groups in total. The molecule has 0 aliphatic heterocycles. The summed E-state index contributed by atoms with van der Waals surface area (Å²) in [4.78, 5) is 3.08. The van der Waals surface area contributed by atoms with Gasteiger partial charge in [-0.1, -0.05) is 24.3 Å². The van der Waals surface area contributed by atoms with Crippen LogP contribution in [0.25, 0.3) is 10.9 Å². The smallest absolute Gasteiger partial charge is 0.291 e. The van der Waals surface area contributed by atoms with Crippen LogP contribution in [0, 0.1) is 0 Å². The fourth-order valence-electron chi connectivity index (χ4n) is 1.79. The molecule has 3 aromatic rings. The van der Waals surface area contributed by atoms with Crippen molar-refractivity contribution in [1.29, 1.82) is 0 Å². The zero-order chi connectivity index (χ0) is 13.3. The molecule has 0 saturated carbocycles. The molecule has 0 aliphatic carbocycles. The number of fused-ring (bicyclic) bond motifs is 1. The minimum atomic E-state index is -3.59. The lowest BCUT2D eigenvalue weighted by Gasteiger charge is -1.93. The van der Waals surface area contributed by atoms with Crippen LogP contribution in [-0.4, -0.2) is 19.6 Å². The third-order valence-electron chi connectivity index (χ3n) is 2.70. The van der Waals surface area contributed by atoms with E-state index in [1.165, 1.54) is 6.21 Å². The number of H-pyrrole nitrogens is 1. The van der Waals surface area contributed by atoms with E-state index >= 15 is 0 Å². The average molecular weight is 290 g/mol. The molecule has 3 rings (SSSR count). The highest BCUT2D eigenvalue weighted by atomic mass is 32.2. The quantitative estimate of drug-likeness (QED) is 0.754. The number of nitrogens with one attached hydrogen (secondary N) is 1. The van der Waals surface area contributed by atoms with E-state index in [9.17, 15) is 8.42 Å². The Morgan fingerprint density at radius 1 is 1.16 bits per heavy atom. The molecule has 0 aliphatic rings. The van der Waals surface area contributed by atoms with Crippen molar-refractivity contribution in [2.45, 2.75) is 4.21 Å². The summed E-state index contributed by atoms with van der Waals surface area (Å²) in [5, 5.41) is 2.67. The van der Waals surface area contributed by atoms with Crippen molar-refractivity contribution in [1.82, 2.24) is 4.98 Å². The molecule has 4 nitrogen and oxygen atoms in total. The van der Waals surface area contributed by atoms with Gasteiger partial charge in [-0.15, -0.1) is 11.3 Å². The van der Waals surface area contributed by atoms with Gasteiger partial charge in [-0.25, -0.2) is 0 Å². The Balaban J connectivity index is 2.00. The number of hydrogen-bond donors (Lipinski definition) is 1. The van der Waals surface area contributed by atoms with E-state index in [4.69, 9.17) is 0 Å². The summed E-state index contributed by atoms with van der Waals surface area (Å²) in [5.74, 6) is 0. The SMILES string of the molecule is O=S(=O)(/N=C\c1c[nH]c2ccccc12)c1cccs1. The second-order valence-corrected chi connectivity index (χ2v) is 6.74. The van der Waals surface area contributed by atoms with E-state index < -0.39 is 10.0 Å². The van der Waals surface area contributed by atoms with Crippen LogP contribution in [0.15, 0.2) is 56.6 Å². The van der Waals surface area contributed by atoms with Gasteiger partial charge >= 0.3 is 0 Å². The van der Waals surface area contributed by atoms with E-state index in [1.54, 1.807) is 23.7 Å². The van der Waals surface area contributed by atoms with Gasteiger partial charge in [0.15, 0.2) is 0 Å². The van der Waals surface area contributed by atoms with E-state index in [2.05, 4.69) is 9.38 Å². The second-order valence-electron chi connectivity index (χ2n) is 3.93. The van der Waals surface area contributed by atoms with Crippen LogP contribution in [0.2, 0.25) is 0 Å². The van der Waals surface area contributed by atoms with Crippen LogP contribution in [0.5, 0.6) is 0 Å². The Labute approximate surface area is 114 Å². The number of benzene rings is 1. The highest BCUT2D eigenvalue weighted by Crippen LogP contribution is 2.20. The third-order valence-corrected chi connectivity index (χ3v) is 5.31. The molecule has 0 spiro atoms. The Bertz CT molecular complexity index is 831. The van der Waals surface area contributed by atoms with Crippen LogP contribution in [0.4, 0.5) is 0 Å². The first-order valence-corrected chi connectivity index (χ1v) is 7.89. The molecular weight excluding hydrogens is 280 g/mol. The molecule has 0 atom stereocenters. The van der Waals surface area contributed by atoms with Gasteiger partial charge < -0.3 is 4.98 Å². The Kier molecular flexibility index (Phi) is 2.96. The summed E-state index contributed by atoms with van der Waals surface area (Å²) in [7, 11) is -3.59. The van der Waals surface area contributed by atoms with Crippen molar-refractivity contribution >= 4 is 38.5 Å². The first-order chi connectivity index (χ1) is 9.17. The van der Waals surface area contributed by atoms with Crippen molar-refractivity contribution in [2.75, 3.05) is 0 Å². The van der Waals surface area contributed by atoms with Gasteiger partial charge in [-0.3, -0.25) is 0 Å². The van der Waals surface area contributed by atoms with Crippen molar-refractivity contribution < 1.29 is 8.42 Å². The molecule has 0 amide bonds. The summed E-state index contributed by atoms with van der Waals surface area (Å²) >= 11 is 1.16. The standard InChI is InChI=1S/C13H10N2O2S2/c16-19(17,13-6-3-7-18-13)15-9-10-8-14-12-5-2-1-4-11(10)12/h1-9,14H/b15-9-. The molecule has 0 unspecified atom stereocenters. The Hall–Kier alpha value is -1.92. The normalized spacial score (nSPS) is 12.4.